The van der Waals surface area contributed by atoms with Crippen molar-refractivity contribution in [1.82, 2.24) is 30.9 Å². The second-order valence-electron chi connectivity index (χ2n) is 5.36. The third-order valence-corrected chi connectivity index (χ3v) is 3.79. The van der Waals surface area contributed by atoms with E-state index in [1.807, 2.05) is 7.05 Å². The molecule has 21 heavy (non-hydrogen) atoms. The van der Waals surface area contributed by atoms with E-state index in [2.05, 4.69) is 35.7 Å². The summed E-state index contributed by atoms with van der Waals surface area (Å²) in [7, 11) is 1.92. The average Bonchev–Trinajstić information content (AvgIpc) is 2.56. The Morgan fingerprint density at radius 3 is 1.76 bits per heavy atom. The molecule has 2 aliphatic rings. The maximum Gasteiger partial charge on any atom is 0.230 e. The Balaban J connectivity index is 1.85. The molecule has 1 aromatic heterocycles. The molecular weight excluding hydrogens is 268 g/mol. The lowest BCUT2D eigenvalue weighted by Crippen LogP contribution is -2.46. The molecule has 8 heteroatoms. The van der Waals surface area contributed by atoms with Gasteiger partial charge in [-0.05, 0) is 7.05 Å². The summed E-state index contributed by atoms with van der Waals surface area (Å²) >= 11 is 0. The molecule has 0 radical (unpaired) electrons. The zero-order valence-corrected chi connectivity index (χ0v) is 12.6. The molecule has 1 aromatic rings. The molecule has 3 N–H and O–H groups in total. The summed E-state index contributed by atoms with van der Waals surface area (Å²) in [5.74, 6) is 2.44. The molecule has 2 saturated heterocycles. The summed E-state index contributed by atoms with van der Waals surface area (Å²) < 4.78 is 0. The van der Waals surface area contributed by atoms with Crippen LogP contribution in [0.15, 0.2) is 0 Å². The highest BCUT2D eigenvalue weighted by molar-refractivity contribution is 5.40. The second kappa shape index (κ2) is 6.97. The van der Waals surface area contributed by atoms with Crippen LogP contribution >= 0.6 is 0 Å². The zero-order chi connectivity index (χ0) is 14.5. The van der Waals surface area contributed by atoms with Gasteiger partial charge in [-0.25, -0.2) is 0 Å². The van der Waals surface area contributed by atoms with Gasteiger partial charge < -0.3 is 25.8 Å². The monoisotopic (exact) mass is 292 g/mol. The Hall–Kier alpha value is -1.51. The zero-order valence-electron chi connectivity index (χ0n) is 12.6. The lowest BCUT2D eigenvalue weighted by Gasteiger charge is -2.30. The Labute approximate surface area is 125 Å². The van der Waals surface area contributed by atoms with Gasteiger partial charge in [0, 0.05) is 52.4 Å². The van der Waals surface area contributed by atoms with Gasteiger partial charge in [0.25, 0.3) is 0 Å². The van der Waals surface area contributed by atoms with Crippen molar-refractivity contribution in [2.24, 2.45) is 0 Å². The van der Waals surface area contributed by atoms with E-state index in [9.17, 15) is 0 Å². The molecule has 0 saturated carbocycles. The molecule has 0 aliphatic carbocycles. The predicted octanol–water partition coefficient (Wildman–Crippen LogP) is -1.59. The first-order valence-electron chi connectivity index (χ1n) is 7.68. The number of hydrogen-bond acceptors (Lipinski definition) is 8. The van der Waals surface area contributed by atoms with E-state index in [0.717, 1.165) is 70.1 Å². The van der Waals surface area contributed by atoms with Crippen LogP contribution in [0, 0.1) is 0 Å². The van der Waals surface area contributed by atoms with Crippen LogP contribution in [0.3, 0.4) is 0 Å². The summed E-state index contributed by atoms with van der Waals surface area (Å²) in [5.41, 5.74) is 0. The summed E-state index contributed by atoms with van der Waals surface area (Å²) in [6.07, 6.45) is 0. The molecule has 8 nitrogen and oxygen atoms in total. The number of nitrogens with one attached hydrogen (secondary N) is 3. The van der Waals surface area contributed by atoms with Crippen LogP contribution in [-0.2, 0) is 6.54 Å². The van der Waals surface area contributed by atoms with Crippen molar-refractivity contribution in [2.75, 3.05) is 69.2 Å². The Morgan fingerprint density at radius 2 is 1.33 bits per heavy atom. The van der Waals surface area contributed by atoms with Crippen LogP contribution in [0.2, 0.25) is 0 Å². The van der Waals surface area contributed by atoms with Crippen LogP contribution in [0.4, 0.5) is 11.9 Å². The first kappa shape index (κ1) is 14.4. The summed E-state index contributed by atoms with van der Waals surface area (Å²) in [5, 5.41) is 9.85. The van der Waals surface area contributed by atoms with Gasteiger partial charge in [-0.3, -0.25) is 0 Å². The highest BCUT2D eigenvalue weighted by Crippen LogP contribution is 2.15. The molecule has 3 heterocycles. The van der Waals surface area contributed by atoms with Crippen LogP contribution in [-0.4, -0.2) is 74.4 Å². The largest absolute Gasteiger partial charge is 0.338 e. The molecule has 2 fully saturated rings. The topological polar surface area (TPSA) is 81.2 Å². The number of hydrogen-bond donors (Lipinski definition) is 3. The molecule has 0 aromatic carbocycles. The SMILES string of the molecule is CNCc1nc(N2CCNCC2)nc(N2CCNCC2)n1. The molecular formula is C13H24N8. The molecule has 0 amide bonds. The Kier molecular flexibility index (Phi) is 4.79. The number of piperazine rings is 2. The summed E-state index contributed by atoms with van der Waals surface area (Å²) in [4.78, 5) is 18.4. The molecule has 3 rings (SSSR count). The van der Waals surface area contributed by atoms with Crippen molar-refractivity contribution in [1.29, 1.82) is 0 Å². The molecule has 0 bridgehead atoms. The summed E-state index contributed by atoms with van der Waals surface area (Å²) in [6, 6.07) is 0. The predicted molar refractivity (Wildman–Crippen MR) is 82.8 cm³/mol. The van der Waals surface area contributed by atoms with Crippen molar-refractivity contribution < 1.29 is 0 Å². The van der Waals surface area contributed by atoms with Gasteiger partial charge >= 0.3 is 0 Å². The van der Waals surface area contributed by atoms with Crippen LogP contribution < -0.4 is 25.8 Å². The minimum absolute atomic E-state index is 0.667. The summed E-state index contributed by atoms with van der Waals surface area (Å²) in [6.45, 7) is 8.39. The van der Waals surface area contributed by atoms with Crippen molar-refractivity contribution >= 4 is 11.9 Å². The van der Waals surface area contributed by atoms with Crippen molar-refractivity contribution in [2.45, 2.75) is 6.54 Å². The van der Waals surface area contributed by atoms with E-state index in [1.165, 1.54) is 0 Å². The first-order valence-corrected chi connectivity index (χ1v) is 7.68. The fraction of sp³-hybridized carbons (Fsp3) is 0.769. The van der Waals surface area contributed by atoms with E-state index >= 15 is 0 Å². The number of rotatable bonds is 4. The highest BCUT2D eigenvalue weighted by Gasteiger charge is 2.19. The van der Waals surface area contributed by atoms with Crippen LogP contribution in [0.25, 0.3) is 0 Å². The number of aromatic nitrogens is 3. The lowest BCUT2D eigenvalue weighted by molar-refractivity contribution is 0.563. The minimum Gasteiger partial charge on any atom is -0.338 e. The fourth-order valence-corrected chi connectivity index (χ4v) is 2.64. The molecule has 0 atom stereocenters. The van der Waals surface area contributed by atoms with E-state index in [-0.39, 0.29) is 0 Å². The first-order chi connectivity index (χ1) is 10.4. The van der Waals surface area contributed by atoms with Crippen LogP contribution in [0.1, 0.15) is 5.82 Å². The van der Waals surface area contributed by atoms with Gasteiger partial charge in [0.2, 0.25) is 11.9 Å². The van der Waals surface area contributed by atoms with Crippen molar-refractivity contribution in [3.05, 3.63) is 5.82 Å². The maximum atomic E-state index is 4.71. The molecule has 116 valence electrons. The molecule has 2 aliphatic heterocycles. The molecule has 0 spiro atoms. The third-order valence-electron chi connectivity index (χ3n) is 3.79. The minimum atomic E-state index is 0.667. The average molecular weight is 292 g/mol. The third kappa shape index (κ3) is 3.58. The van der Waals surface area contributed by atoms with E-state index in [1.54, 1.807) is 0 Å². The second-order valence-corrected chi connectivity index (χ2v) is 5.36. The van der Waals surface area contributed by atoms with E-state index < -0.39 is 0 Å². The van der Waals surface area contributed by atoms with Gasteiger partial charge in [0.1, 0.15) is 5.82 Å². The van der Waals surface area contributed by atoms with E-state index in [4.69, 9.17) is 4.98 Å². The Bertz CT molecular complexity index is 417. The lowest BCUT2D eigenvalue weighted by atomic mass is 10.4. The van der Waals surface area contributed by atoms with Gasteiger partial charge in [0.15, 0.2) is 0 Å². The standard InChI is InChI=1S/C13H24N8/c1-14-10-11-17-12(20-6-2-15-3-7-20)19-13(18-11)21-8-4-16-5-9-21/h14-16H,2-10H2,1H3. The smallest absolute Gasteiger partial charge is 0.230 e. The van der Waals surface area contributed by atoms with Crippen molar-refractivity contribution in [3.8, 4) is 0 Å². The quantitative estimate of drug-likeness (QED) is 0.613. The highest BCUT2D eigenvalue weighted by atomic mass is 15.4. The fourth-order valence-electron chi connectivity index (χ4n) is 2.64. The van der Waals surface area contributed by atoms with Gasteiger partial charge in [-0.15, -0.1) is 0 Å². The van der Waals surface area contributed by atoms with Gasteiger partial charge in [-0.1, -0.05) is 0 Å². The van der Waals surface area contributed by atoms with Gasteiger partial charge in [-0.2, -0.15) is 15.0 Å². The maximum absolute atomic E-state index is 4.71. The number of nitrogens with zero attached hydrogens (tertiary/aromatic N) is 5. The van der Waals surface area contributed by atoms with Gasteiger partial charge in [0.05, 0.1) is 6.54 Å². The normalized spacial score (nSPS) is 19.9. The van der Waals surface area contributed by atoms with E-state index in [0.29, 0.717) is 6.54 Å². The van der Waals surface area contributed by atoms with Crippen LogP contribution in [0.5, 0.6) is 0 Å². The molecule has 0 unspecified atom stereocenters. The number of anilines is 2. The Morgan fingerprint density at radius 1 is 0.857 bits per heavy atom. The van der Waals surface area contributed by atoms with Crippen molar-refractivity contribution in [3.63, 3.8) is 0 Å².